The van der Waals surface area contributed by atoms with Crippen LogP contribution in [0.4, 0.5) is 5.82 Å². The normalized spacial score (nSPS) is 26.3. The van der Waals surface area contributed by atoms with E-state index in [2.05, 4.69) is 26.5 Å². The van der Waals surface area contributed by atoms with Gasteiger partial charge in [0.15, 0.2) is 5.72 Å². The van der Waals surface area contributed by atoms with Gasteiger partial charge >= 0.3 is 0 Å². The Morgan fingerprint density at radius 3 is 2.92 bits per heavy atom. The van der Waals surface area contributed by atoms with Gasteiger partial charge in [-0.05, 0) is 25.7 Å². The fourth-order valence-corrected chi connectivity index (χ4v) is 4.13. The molecule has 4 rings (SSSR count). The summed E-state index contributed by atoms with van der Waals surface area (Å²) in [4.78, 5) is 8.43. The van der Waals surface area contributed by atoms with Gasteiger partial charge in [0, 0.05) is 11.8 Å². The molecule has 0 saturated heterocycles. The molecule has 0 radical (unpaired) electrons. The van der Waals surface area contributed by atoms with Crippen molar-refractivity contribution >= 4 is 5.82 Å². The van der Waals surface area contributed by atoms with Crippen LogP contribution in [0.3, 0.4) is 0 Å². The lowest BCUT2D eigenvalue weighted by Gasteiger charge is -2.21. The van der Waals surface area contributed by atoms with E-state index in [9.17, 15) is 15.5 Å². The first-order valence-corrected chi connectivity index (χ1v) is 8.96. The van der Waals surface area contributed by atoms with Crippen LogP contribution in [0.25, 0.3) is 11.3 Å². The first-order chi connectivity index (χ1) is 12.5. The maximum absolute atomic E-state index is 10.5. The van der Waals surface area contributed by atoms with Crippen molar-refractivity contribution in [1.82, 2.24) is 19.7 Å². The number of nitriles is 1. The van der Waals surface area contributed by atoms with E-state index >= 15 is 0 Å². The molecule has 1 aliphatic heterocycles. The highest BCUT2D eigenvalue weighted by Gasteiger charge is 2.43. The Bertz CT molecular complexity index is 850. The molecule has 1 saturated carbocycles. The second-order valence-electron chi connectivity index (χ2n) is 7.34. The predicted octanol–water partition coefficient (Wildman–Crippen LogP) is 2.15. The molecule has 136 valence electrons. The number of rotatable bonds is 4. The first kappa shape index (κ1) is 16.9. The van der Waals surface area contributed by atoms with Gasteiger partial charge in [-0.2, -0.15) is 10.4 Å². The average Bonchev–Trinajstić information content (AvgIpc) is 3.34. The van der Waals surface area contributed by atoms with E-state index in [4.69, 9.17) is 0 Å². The van der Waals surface area contributed by atoms with Gasteiger partial charge in [-0.25, -0.2) is 9.97 Å². The molecule has 8 heteroatoms. The summed E-state index contributed by atoms with van der Waals surface area (Å²) in [6, 6.07) is 2.34. The number of nitrogens with one attached hydrogen (secondary N) is 1. The van der Waals surface area contributed by atoms with Gasteiger partial charge in [0.2, 0.25) is 0 Å². The summed E-state index contributed by atoms with van der Waals surface area (Å²) in [5.74, 6) is 0.885. The number of aromatic nitrogens is 4. The fraction of sp³-hybridized carbons (Fsp3) is 0.556. The zero-order chi connectivity index (χ0) is 18.3. The molecule has 8 nitrogen and oxygen atoms in total. The van der Waals surface area contributed by atoms with E-state index in [1.54, 1.807) is 6.20 Å². The Kier molecular flexibility index (Phi) is 4.13. The molecule has 0 aromatic carbocycles. The van der Waals surface area contributed by atoms with Crippen molar-refractivity contribution in [2.45, 2.75) is 56.9 Å². The summed E-state index contributed by atoms with van der Waals surface area (Å²) in [6.45, 7) is 1.50. The molecule has 2 aliphatic rings. The van der Waals surface area contributed by atoms with Gasteiger partial charge in [-0.3, -0.25) is 4.68 Å². The predicted molar refractivity (Wildman–Crippen MR) is 93.7 cm³/mol. The Balaban J connectivity index is 1.70. The summed E-state index contributed by atoms with van der Waals surface area (Å²) in [7, 11) is 0. The second-order valence-corrected chi connectivity index (χ2v) is 7.34. The molecule has 1 fully saturated rings. The standard InChI is InChI=1S/C18H22N6O2/c1-18(26)16(25)14-15(20-10-21-17(14)23-18)12-8-22-24(9-12)13(6-7-19)11-4-2-3-5-11/h8-11,13,16,25-26H,2-6H2,1H3,(H,20,21,23). The summed E-state index contributed by atoms with van der Waals surface area (Å²) in [5.41, 5.74) is 0.259. The number of aliphatic hydroxyl groups excluding tert-OH is 1. The van der Waals surface area contributed by atoms with Crippen molar-refractivity contribution in [3.05, 3.63) is 24.3 Å². The topological polar surface area (TPSA) is 120 Å². The van der Waals surface area contributed by atoms with Gasteiger partial charge in [0.25, 0.3) is 0 Å². The van der Waals surface area contributed by atoms with E-state index in [0.29, 0.717) is 29.4 Å². The quantitative estimate of drug-likeness (QED) is 0.769. The largest absolute Gasteiger partial charge is 0.383 e. The Hall–Kier alpha value is -2.50. The van der Waals surface area contributed by atoms with Crippen molar-refractivity contribution in [1.29, 1.82) is 5.26 Å². The third-order valence-electron chi connectivity index (χ3n) is 5.52. The van der Waals surface area contributed by atoms with E-state index < -0.39 is 11.8 Å². The lowest BCUT2D eigenvalue weighted by molar-refractivity contribution is -0.0326. The molecular weight excluding hydrogens is 332 g/mol. The van der Waals surface area contributed by atoms with Gasteiger partial charge in [0.1, 0.15) is 18.2 Å². The molecule has 3 unspecified atom stereocenters. The van der Waals surface area contributed by atoms with Gasteiger partial charge in [-0.15, -0.1) is 0 Å². The monoisotopic (exact) mass is 354 g/mol. The minimum Gasteiger partial charge on any atom is -0.383 e. The Morgan fingerprint density at radius 2 is 2.19 bits per heavy atom. The molecule has 0 amide bonds. The van der Waals surface area contributed by atoms with Crippen LogP contribution < -0.4 is 5.32 Å². The van der Waals surface area contributed by atoms with Crippen molar-refractivity contribution < 1.29 is 10.2 Å². The fourth-order valence-electron chi connectivity index (χ4n) is 4.13. The summed E-state index contributed by atoms with van der Waals surface area (Å²) < 4.78 is 1.86. The zero-order valence-electron chi connectivity index (χ0n) is 14.6. The van der Waals surface area contributed by atoms with Crippen molar-refractivity contribution in [3.63, 3.8) is 0 Å². The van der Waals surface area contributed by atoms with Crippen LogP contribution in [0.1, 0.15) is 56.7 Å². The number of nitrogens with zero attached hydrogens (tertiary/aromatic N) is 5. The molecule has 0 spiro atoms. The minimum atomic E-state index is -1.49. The third kappa shape index (κ3) is 2.73. The number of hydrogen-bond donors (Lipinski definition) is 3. The highest BCUT2D eigenvalue weighted by Crippen LogP contribution is 2.43. The van der Waals surface area contributed by atoms with Crippen LogP contribution in [-0.4, -0.2) is 35.7 Å². The van der Waals surface area contributed by atoms with Crippen LogP contribution in [0, 0.1) is 17.2 Å². The van der Waals surface area contributed by atoms with Crippen molar-refractivity contribution in [2.75, 3.05) is 5.32 Å². The maximum Gasteiger partial charge on any atom is 0.164 e. The van der Waals surface area contributed by atoms with Gasteiger partial charge < -0.3 is 15.5 Å². The molecule has 3 atom stereocenters. The van der Waals surface area contributed by atoms with Crippen molar-refractivity contribution in [3.8, 4) is 17.3 Å². The minimum absolute atomic E-state index is 0.0530. The smallest absolute Gasteiger partial charge is 0.164 e. The number of hydrogen-bond acceptors (Lipinski definition) is 7. The summed E-state index contributed by atoms with van der Waals surface area (Å²) >= 11 is 0. The zero-order valence-corrected chi connectivity index (χ0v) is 14.6. The van der Waals surface area contributed by atoms with Crippen molar-refractivity contribution in [2.24, 2.45) is 5.92 Å². The molecule has 2 aromatic rings. The first-order valence-electron chi connectivity index (χ1n) is 8.96. The highest BCUT2D eigenvalue weighted by molar-refractivity contribution is 5.71. The summed E-state index contributed by atoms with van der Waals surface area (Å²) in [6.07, 6.45) is 8.90. The lowest BCUT2D eigenvalue weighted by Crippen LogP contribution is -2.35. The molecule has 26 heavy (non-hydrogen) atoms. The highest BCUT2D eigenvalue weighted by atomic mass is 16.4. The molecule has 1 aliphatic carbocycles. The Labute approximate surface area is 151 Å². The van der Waals surface area contributed by atoms with E-state index in [1.807, 2.05) is 10.9 Å². The molecule has 2 aromatic heterocycles. The Morgan fingerprint density at radius 1 is 1.42 bits per heavy atom. The number of aliphatic hydroxyl groups is 2. The summed E-state index contributed by atoms with van der Waals surface area (Å²) in [5, 5.41) is 37.3. The van der Waals surface area contributed by atoms with Crippen LogP contribution in [0.15, 0.2) is 18.7 Å². The maximum atomic E-state index is 10.5. The van der Waals surface area contributed by atoms with Gasteiger partial charge in [0.05, 0.1) is 36.0 Å². The van der Waals surface area contributed by atoms with Crippen LogP contribution in [0.5, 0.6) is 0 Å². The molecule has 3 heterocycles. The second kappa shape index (κ2) is 6.34. The molecular formula is C18H22N6O2. The van der Waals surface area contributed by atoms with E-state index in [-0.39, 0.29) is 6.04 Å². The SMILES string of the molecule is CC1(O)Nc2ncnc(-c3cnn(C(CC#N)C4CCCC4)c3)c2C1O. The lowest BCUT2D eigenvalue weighted by atomic mass is 9.96. The molecule has 0 bridgehead atoms. The third-order valence-corrected chi connectivity index (χ3v) is 5.52. The van der Waals surface area contributed by atoms with Crippen LogP contribution in [0.2, 0.25) is 0 Å². The number of fused-ring (bicyclic) bond motifs is 1. The van der Waals surface area contributed by atoms with E-state index in [1.165, 1.54) is 26.1 Å². The van der Waals surface area contributed by atoms with E-state index in [0.717, 1.165) is 18.4 Å². The average molecular weight is 354 g/mol. The van der Waals surface area contributed by atoms with Gasteiger partial charge in [-0.1, -0.05) is 12.8 Å². The molecule has 3 N–H and O–H groups in total. The number of anilines is 1. The van der Waals surface area contributed by atoms with Crippen LogP contribution >= 0.6 is 0 Å². The van der Waals surface area contributed by atoms with Crippen LogP contribution in [-0.2, 0) is 0 Å².